The van der Waals surface area contributed by atoms with Crippen LogP contribution in [0.5, 0.6) is 0 Å². The average molecular weight is 764 g/mol. The molecule has 11 rings (SSSR count). The lowest BCUT2D eigenvalue weighted by Gasteiger charge is -2.27. The molecule has 0 saturated carbocycles. The van der Waals surface area contributed by atoms with E-state index in [2.05, 4.69) is 242 Å². The summed E-state index contributed by atoms with van der Waals surface area (Å²) in [7, 11) is 0. The molecule has 282 valence electrons. The van der Waals surface area contributed by atoms with Crippen LogP contribution in [0.15, 0.2) is 231 Å². The molecule has 0 aromatic heterocycles. The summed E-state index contributed by atoms with van der Waals surface area (Å²) in [4.78, 5) is 2.38. The van der Waals surface area contributed by atoms with Gasteiger partial charge >= 0.3 is 0 Å². The Morgan fingerprint density at radius 1 is 0.267 bits per heavy atom. The van der Waals surface area contributed by atoms with Gasteiger partial charge < -0.3 is 4.90 Å². The fourth-order valence-corrected chi connectivity index (χ4v) is 9.33. The largest absolute Gasteiger partial charge is 0.310 e. The van der Waals surface area contributed by atoms with Crippen molar-refractivity contribution in [1.29, 1.82) is 0 Å². The Morgan fingerprint density at radius 2 is 0.600 bits per heavy atom. The molecule has 0 fully saturated rings. The molecule has 0 aliphatic carbocycles. The van der Waals surface area contributed by atoms with Gasteiger partial charge in [-0.05, 0) is 130 Å². The Bertz CT molecular complexity index is 3290. The number of hydrogen-bond acceptors (Lipinski definition) is 1. The minimum absolute atomic E-state index is 1.11. The Morgan fingerprint density at radius 3 is 1.05 bits per heavy atom. The Balaban J connectivity index is 1.00. The van der Waals surface area contributed by atoms with Crippen molar-refractivity contribution in [3.63, 3.8) is 0 Å². The third-order valence-corrected chi connectivity index (χ3v) is 12.2. The van der Waals surface area contributed by atoms with E-state index in [1.54, 1.807) is 0 Å². The van der Waals surface area contributed by atoms with E-state index in [0.717, 1.165) is 17.1 Å². The molecule has 0 saturated heterocycles. The van der Waals surface area contributed by atoms with E-state index in [0.29, 0.717) is 0 Å². The molecule has 0 bridgehead atoms. The van der Waals surface area contributed by atoms with Gasteiger partial charge in [-0.3, -0.25) is 0 Å². The van der Waals surface area contributed by atoms with E-state index in [9.17, 15) is 0 Å². The topological polar surface area (TPSA) is 3.24 Å². The van der Waals surface area contributed by atoms with Crippen LogP contribution in [0.1, 0.15) is 5.56 Å². The second-order valence-corrected chi connectivity index (χ2v) is 15.7. The highest BCUT2D eigenvalue weighted by molar-refractivity contribution is 6.21. The van der Waals surface area contributed by atoms with E-state index in [1.807, 2.05) is 0 Å². The van der Waals surface area contributed by atoms with Crippen molar-refractivity contribution >= 4 is 60.2 Å². The summed E-state index contributed by atoms with van der Waals surface area (Å²) < 4.78 is 0. The van der Waals surface area contributed by atoms with Gasteiger partial charge in [-0.1, -0.05) is 200 Å². The minimum atomic E-state index is 1.11. The number of aryl methyl sites for hydroxylation is 1. The normalized spacial score (nSPS) is 11.4. The molecule has 60 heavy (non-hydrogen) atoms. The lowest BCUT2D eigenvalue weighted by Crippen LogP contribution is -2.11. The smallest absolute Gasteiger partial charge is 0.0490 e. The summed E-state index contributed by atoms with van der Waals surface area (Å²) in [5, 5.41) is 10.0. The zero-order valence-corrected chi connectivity index (χ0v) is 33.4. The maximum atomic E-state index is 2.38. The molecule has 0 spiro atoms. The predicted molar refractivity (Wildman–Crippen MR) is 258 cm³/mol. The first-order valence-electron chi connectivity index (χ1n) is 20.8. The number of anilines is 3. The fraction of sp³-hybridized carbons (Fsp3) is 0.0169. The van der Waals surface area contributed by atoms with Crippen molar-refractivity contribution in [2.45, 2.75) is 6.92 Å². The van der Waals surface area contributed by atoms with Gasteiger partial charge in [0.2, 0.25) is 0 Å². The van der Waals surface area contributed by atoms with Crippen molar-refractivity contribution in [1.82, 2.24) is 0 Å². The van der Waals surface area contributed by atoms with Crippen LogP contribution in [0.2, 0.25) is 0 Å². The van der Waals surface area contributed by atoms with Crippen LogP contribution in [0.25, 0.3) is 87.6 Å². The average Bonchev–Trinajstić information content (AvgIpc) is 3.32. The first kappa shape index (κ1) is 35.4. The summed E-state index contributed by atoms with van der Waals surface area (Å²) in [5.41, 5.74) is 14.5. The quantitative estimate of drug-likeness (QED) is 0.146. The summed E-state index contributed by atoms with van der Waals surface area (Å²) in [6.07, 6.45) is 0. The molecular weight excluding hydrogens is 723 g/mol. The van der Waals surface area contributed by atoms with Crippen molar-refractivity contribution in [3.8, 4) is 44.5 Å². The highest BCUT2D eigenvalue weighted by Gasteiger charge is 2.19. The molecule has 0 aliphatic rings. The van der Waals surface area contributed by atoms with Gasteiger partial charge in [-0.2, -0.15) is 0 Å². The van der Waals surface area contributed by atoms with Crippen LogP contribution < -0.4 is 4.90 Å². The van der Waals surface area contributed by atoms with Crippen LogP contribution in [-0.4, -0.2) is 0 Å². The Hall–Kier alpha value is -7.74. The number of para-hydroxylation sites is 1. The maximum Gasteiger partial charge on any atom is 0.0490 e. The summed E-state index contributed by atoms with van der Waals surface area (Å²) in [5.74, 6) is 0. The van der Waals surface area contributed by atoms with E-state index in [-0.39, 0.29) is 0 Å². The number of nitrogens with zero attached hydrogens (tertiary/aromatic N) is 1. The van der Waals surface area contributed by atoms with Gasteiger partial charge in [0.05, 0.1) is 0 Å². The summed E-state index contributed by atoms with van der Waals surface area (Å²) >= 11 is 0. The minimum Gasteiger partial charge on any atom is -0.310 e. The lowest BCUT2D eigenvalue weighted by atomic mass is 9.85. The van der Waals surface area contributed by atoms with Crippen LogP contribution in [0.3, 0.4) is 0 Å². The highest BCUT2D eigenvalue weighted by atomic mass is 15.1. The van der Waals surface area contributed by atoms with E-state index in [1.165, 1.54) is 93.2 Å². The van der Waals surface area contributed by atoms with Gasteiger partial charge in [0, 0.05) is 17.1 Å². The third kappa shape index (κ3) is 6.11. The first-order chi connectivity index (χ1) is 29.7. The van der Waals surface area contributed by atoms with E-state index < -0.39 is 0 Å². The lowest BCUT2D eigenvalue weighted by molar-refractivity contribution is 1.25. The van der Waals surface area contributed by atoms with Gasteiger partial charge in [-0.25, -0.2) is 0 Å². The highest BCUT2D eigenvalue weighted by Crippen LogP contribution is 2.45. The van der Waals surface area contributed by atoms with Gasteiger partial charge in [0.1, 0.15) is 0 Å². The SMILES string of the molecule is Cc1ccccc1N(c1ccc(-c2cccc3ccccc23)cc1)c1ccc(-c2c3ccccc3c(-c3ccc(-c4cccc5ccccc45)cc3)c3ccccc23)cc1. The zero-order chi connectivity index (χ0) is 40.0. The third-order valence-electron chi connectivity index (χ3n) is 12.2. The summed E-state index contributed by atoms with van der Waals surface area (Å²) in [6.45, 7) is 2.19. The van der Waals surface area contributed by atoms with Crippen LogP contribution in [0.4, 0.5) is 17.1 Å². The van der Waals surface area contributed by atoms with Crippen molar-refractivity contribution in [2.75, 3.05) is 4.90 Å². The number of benzene rings is 11. The van der Waals surface area contributed by atoms with Crippen LogP contribution >= 0.6 is 0 Å². The zero-order valence-electron chi connectivity index (χ0n) is 33.4. The van der Waals surface area contributed by atoms with Gasteiger partial charge in [-0.15, -0.1) is 0 Å². The fourth-order valence-electron chi connectivity index (χ4n) is 9.33. The van der Waals surface area contributed by atoms with Crippen molar-refractivity contribution < 1.29 is 0 Å². The monoisotopic (exact) mass is 763 g/mol. The summed E-state index contributed by atoms with van der Waals surface area (Å²) in [6, 6.07) is 84.2. The molecule has 11 aromatic carbocycles. The standard InChI is InChI=1S/C59H41N/c1-40-14-2-11-27-57(40)60(47-36-32-44(33-37-47)52-26-13-18-42-16-4-6-20-50(42)52)48-38-34-46(35-39-48)59-55-23-9-7-21-53(55)58(54-22-8-10-24-56(54)59)45-30-28-43(29-31-45)51-25-12-17-41-15-3-5-19-49(41)51/h2-39H,1H3. The molecule has 11 aromatic rings. The molecule has 0 heterocycles. The van der Waals surface area contributed by atoms with Gasteiger partial charge in [0.15, 0.2) is 0 Å². The van der Waals surface area contributed by atoms with Crippen LogP contribution in [0, 0.1) is 6.92 Å². The van der Waals surface area contributed by atoms with E-state index in [4.69, 9.17) is 0 Å². The van der Waals surface area contributed by atoms with Crippen LogP contribution in [-0.2, 0) is 0 Å². The molecule has 1 nitrogen and oxygen atoms in total. The number of hydrogen-bond donors (Lipinski definition) is 0. The second kappa shape index (κ2) is 14.9. The first-order valence-corrected chi connectivity index (χ1v) is 20.8. The Labute approximate surface area is 351 Å². The molecule has 0 N–H and O–H groups in total. The van der Waals surface area contributed by atoms with Gasteiger partial charge in [0.25, 0.3) is 0 Å². The molecule has 0 atom stereocenters. The number of rotatable bonds is 7. The predicted octanol–water partition coefficient (Wildman–Crippen LogP) is 16.7. The van der Waals surface area contributed by atoms with E-state index >= 15 is 0 Å². The molecule has 0 aliphatic heterocycles. The molecule has 1 heteroatoms. The van der Waals surface area contributed by atoms with Crippen molar-refractivity contribution in [3.05, 3.63) is 236 Å². The Kier molecular flexibility index (Phi) is 8.79. The van der Waals surface area contributed by atoms with Crippen molar-refractivity contribution in [2.24, 2.45) is 0 Å². The number of fused-ring (bicyclic) bond motifs is 4. The maximum absolute atomic E-state index is 2.38. The molecule has 0 radical (unpaired) electrons. The molecular formula is C59H41N. The molecule has 0 unspecified atom stereocenters. The molecule has 0 amide bonds. The second-order valence-electron chi connectivity index (χ2n) is 15.7.